The van der Waals surface area contributed by atoms with E-state index in [1.165, 1.54) is 0 Å². The van der Waals surface area contributed by atoms with Crippen LogP contribution in [0.4, 0.5) is 0 Å². The minimum Gasteiger partial charge on any atom is -0.345 e. The second-order valence-corrected chi connectivity index (χ2v) is 4.70. The summed E-state index contributed by atoms with van der Waals surface area (Å²) >= 11 is 0. The van der Waals surface area contributed by atoms with Crippen molar-refractivity contribution in [1.29, 1.82) is 0 Å². The van der Waals surface area contributed by atoms with Crippen molar-refractivity contribution in [2.24, 2.45) is 5.73 Å². The summed E-state index contributed by atoms with van der Waals surface area (Å²) in [4.78, 5) is 20.4. The fourth-order valence-electron chi connectivity index (χ4n) is 1.95. The fourth-order valence-corrected chi connectivity index (χ4v) is 1.95. The van der Waals surface area contributed by atoms with E-state index in [-0.39, 0.29) is 11.4 Å². The Balaban J connectivity index is 1.87. The van der Waals surface area contributed by atoms with E-state index >= 15 is 0 Å². The van der Waals surface area contributed by atoms with Gasteiger partial charge in [-0.1, -0.05) is 0 Å². The lowest BCUT2D eigenvalue weighted by Gasteiger charge is -2.14. The van der Waals surface area contributed by atoms with Crippen LogP contribution in [0.3, 0.4) is 0 Å². The van der Waals surface area contributed by atoms with Crippen molar-refractivity contribution in [3.8, 4) is 0 Å². The molecule has 0 radical (unpaired) electrons. The summed E-state index contributed by atoms with van der Waals surface area (Å²) in [5.74, 6) is -0.0921. The van der Waals surface area contributed by atoms with Crippen molar-refractivity contribution in [2.45, 2.75) is 18.4 Å². The van der Waals surface area contributed by atoms with E-state index in [9.17, 15) is 4.79 Å². The summed E-state index contributed by atoms with van der Waals surface area (Å²) in [7, 11) is 0. The number of rotatable bonds is 3. The summed E-state index contributed by atoms with van der Waals surface area (Å²) in [6.45, 7) is 0.492. The van der Waals surface area contributed by atoms with Crippen LogP contribution < -0.4 is 11.1 Å². The zero-order valence-electron chi connectivity index (χ0n) is 9.89. The van der Waals surface area contributed by atoms with E-state index in [4.69, 9.17) is 5.73 Å². The first kappa shape index (κ1) is 11.1. The van der Waals surface area contributed by atoms with E-state index in [1.54, 1.807) is 30.6 Å². The lowest BCUT2D eigenvalue weighted by atomic mass is 10.1. The molecule has 1 saturated carbocycles. The van der Waals surface area contributed by atoms with Crippen LogP contribution >= 0.6 is 0 Å². The molecule has 1 amide bonds. The predicted octanol–water partition coefficient (Wildman–Crippen LogP) is 0.851. The highest BCUT2D eigenvalue weighted by atomic mass is 16.1. The van der Waals surface area contributed by atoms with Crippen LogP contribution in [-0.2, 0) is 0 Å². The highest BCUT2D eigenvalue weighted by molar-refractivity contribution is 5.97. The lowest BCUT2D eigenvalue weighted by molar-refractivity contribution is 0.0933. The number of carbonyl (C=O) groups excluding carboxylic acids is 1. The smallest absolute Gasteiger partial charge is 0.251 e. The Hall–Kier alpha value is -2.01. The molecular formula is C13H14N4O. The number of nitrogens with two attached hydrogens (primary N) is 1. The van der Waals surface area contributed by atoms with Crippen LogP contribution in [0.25, 0.3) is 11.0 Å². The first-order valence-corrected chi connectivity index (χ1v) is 5.96. The number of amides is 1. The molecule has 0 bridgehead atoms. The molecule has 0 saturated heterocycles. The highest BCUT2D eigenvalue weighted by Crippen LogP contribution is 2.34. The average molecular weight is 242 g/mol. The van der Waals surface area contributed by atoms with Gasteiger partial charge in [0.2, 0.25) is 0 Å². The molecular weight excluding hydrogens is 228 g/mol. The number of nitrogens with one attached hydrogen (secondary N) is 1. The summed E-state index contributed by atoms with van der Waals surface area (Å²) in [5, 5.41) is 2.99. The van der Waals surface area contributed by atoms with E-state index in [1.807, 2.05) is 0 Å². The molecule has 2 aromatic rings. The minimum absolute atomic E-state index is 0.0921. The Morgan fingerprint density at radius 3 is 2.67 bits per heavy atom. The van der Waals surface area contributed by atoms with Crippen molar-refractivity contribution in [2.75, 3.05) is 6.54 Å². The van der Waals surface area contributed by atoms with Crippen molar-refractivity contribution in [3.05, 3.63) is 36.2 Å². The van der Waals surface area contributed by atoms with Gasteiger partial charge in [0.05, 0.1) is 16.6 Å². The molecule has 0 aliphatic heterocycles. The van der Waals surface area contributed by atoms with E-state index in [0.717, 1.165) is 23.9 Å². The maximum Gasteiger partial charge on any atom is 0.251 e. The molecule has 18 heavy (non-hydrogen) atoms. The molecule has 1 aliphatic rings. The Morgan fingerprint density at radius 1 is 1.28 bits per heavy atom. The van der Waals surface area contributed by atoms with Crippen LogP contribution in [0, 0.1) is 0 Å². The van der Waals surface area contributed by atoms with Crippen LogP contribution in [0.15, 0.2) is 30.6 Å². The van der Waals surface area contributed by atoms with Gasteiger partial charge < -0.3 is 11.1 Å². The largest absolute Gasteiger partial charge is 0.345 e. The summed E-state index contributed by atoms with van der Waals surface area (Å²) < 4.78 is 0. The standard InChI is InChI=1S/C13H14N4O/c14-8-13(3-4-13)17-12(18)9-1-2-10-11(7-9)16-6-5-15-10/h1-2,5-7H,3-4,8,14H2,(H,17,18). The number of fused-ring (bicyclic) bond motifs is 1. The minimum atomic E-state index is -0.172. The second-order valence-electron chi connectivity index (χ2n) is 4.70. The average Bonchev–Trinajstić information content (AvgIpc) is 3.18. The molecule has 0 atom stereocenters. The van der Waals surface area contributed by atoms with Crippen molar-refractivity contribution >= 4 is 16.9 Å². The van der Waals surface area contributed by atoms with Crippen LogP contribution in [0.2, 0.25) is 0 Å². The number of hydrogen-bond acceptors (Lipinski definition) is 4. The zero-order valence-corrected chi connectivity index (χ0v) is 9.89. The van der Waals surface area contributed by atoms with Gasteiger partial charge in [0.15, 0.2) is 0 Å². The molecule has 5 heteroatoms. The molecule has 0 unspecified atom stereocenters. The third-order valence-electron chi connectivity index (χ3n) is 3.35. The fraction of sp³-hybridized carbons (Fsp3) is 0.308. The van der Waals surface area contributed by atoms with Crippen LogP contribution in [-0.4, -0.2) is 28.0 Å². The Labute approximate surface area is 104 Å². The van der Waals surface area contributed by atoms with Gasteiger partial charge >= 0.3 is 0 Å². The van der Waals surface area contributed by atoms with Crippen molar-refractivity contribution in [1.82, 2.24) is 15.3 Å². The predicted molar refractivity (Wildman–Crippen MR) is 68.0 cm³/mol. The zero-order chi connectivity index (χ0) is 12.6. The first-order chi connectivity index (χ1) is 8.72. The second kappa shape index (κ2) is 4.03. The Bertz CT molecular complexity index is 607. The van der Waals surface area contributed by atoms with Crippen LogP contribution in [0.5, 0.6) is 0 Å². The summed E-state index contributed by atoms with van der Waals surface area (Å²) in [5.41, 5.74) is 7.59. The monoisotopic (exact) mass is 242 g/mol. The highest BCUT2D eigenvalue weighted by Gasteiger charge is 2.42. The van der Waals surface area contributed by atoms with Gasteiger partial charge in [0.1, 0.15) is 0 Å². The van der Waals surface area contributed by atoms with E-state index in [2.05, 4.69) is 15.3 Å². The maximum absolute atomic E-state index is 12.1. The number of benzene rings is 1. The number of nitrogens with zero attached hydrogens (tertiary/aromatic N) is 2. The van der Waals surface area contributed by atoms with Gasteiger partial charge in [-0.25, -0.2) is 0 Å². The molecule has 92 valence electrons. The SMILES string of the molecule is NCC1(NC(=O)c2ccc3nccnc3c2)CC1. The van der Waals surface area contributed by atoms with Gasteiger partial charge in [-0.3, -0.25) is 14.8 Å². The summed E-state index contributed by atoms with van der Waals surface area (Å²) in [6.07, 6.45) is 5.17. The molecule has 1 fully saturated rings. The lowest BCUT2D eigenvalue weighted by Crippen LogP contribution is -2.42. The Kier molecular flexibility index (Phi) is 2.48. The molecule has 1 heterocycles. The van der Waals surface area contributed by atoms with Gasteiger partial charge in [-0.2, -0.15) is 0 Å². The quantitative estimate of drug-likeness (QED) is 0.836. The molecule has 3 N–H and O–H groups in total. The molecule has 0 spiro atoms. The third-order valence-corrected chi connectivity index (χ3v) is 3.35. The maximum atomic E-state index is 12.1. The third kappa shape index (κ3) is 1.93. The van der Waals surface area contributed by atoms with E-state index in [0.29, 0.717) is 12.1 Å². The summed E-state index contributed by atoms with van der Waals surface area (Å²) in [6, 6.07) is 5.32. The molecule has 1 aromatic carbocycles. The molecule has 1 aromatic heterocycles. The van der Waals surface area contributed by atoms with E-state index < -0.39 is 0 Å². The van der Waals surface area contributed by atoms with Gasteiger partial charge in [-0.05, 0) is 31.0 Å². The number of carbonyl (C=O) groups is 1. The molecule has 5 nitrogen and oxygen atoms in total. The molecule has 1 aliphatic carbocycles. The molecule has 3 rings (SSSR count). The van der Waals surface area contributed by atoms with Crippen molar-refractivity contribution in [3.63, 3.8) is 0 Å². The number of aromatic nitrogens is 2. The Morgan fingerprint density at radius 2 is 2.00 bits per heavy atom. The first-order valence-electron chi connectivity index (χ1n) is 5.96. The van der Waals surface area contributed by atoms with Gasteiger partial charge in [0.25, 0.3) is 5.91 Å². The van der Waals surface area contributed by atoms with Gasteiger partial charge in [0, 0.05) is 24.5 Å². The van der Waals surface area contributed by atoms with Gasteiger partial charge in [-0.15, -0.1) is 0 Å². The van der Waals surface area contributed by atoms with Crippen LogP contribution in [0.1, 0.15) is 23.2 Å². The topological polar surface area (TPSA) is 80.9 Å². The number of hydrogen-bond donors (Lipinski definition) is 2. The normalized spacial score (nSPS) is 16.5. The van der Waals surface area contributed by atoms with Crippen molar-refractivity contribution < 1.29 is 4.79 Å².